The van der Waals surface area contributed by atoms with E-state index in [-0.39, 0.29) is 5.69 Å². The first-order chi connectivity index (χ1) is 9.16. The number of carbonyl (C=O) groups is 1. The van der Waals surface area contributed by atoms with Gasteiger partial charge in [0.2, 0.25) is 0 Å². The second kappa shape index (κ2) is 4.40. The molecule has 0 aliphatic rings. The number of fused-ring (bicyclic) bond motifs is 1. The average molecular weight is 273 g/mol. The van der Waals surface area contributed by atoms with Crippen LogP contribution in [0.25, 0.3) is 5.52 Å². The first kappa shape index (κ1) is 11.7. The first-order valence-corrected chi connectivity index (χ1v) is 6.56. The van der Waals surface area contributed by atoms with Gasteiger partial charge < -0.3 is 15.2 Å². The summed E-state index contributed by atoms with van der Waals surface area (Å²) in [7, 11) is 0. The van der Waals surface area contributed by atoms with Crippen LogP contribution in [0.1, 0.15) is 21.2 Å². The molecule has 0 aliphatic heterocycles. The molecule has 0 saturated carbocycles. The highest BCUT2D eigenvalue weighted by Crippen LogP contribution is 2.22. The largest absolute Gasteiger partial charge is 0.476 e. The molecule has 0 bridgehead atoms. The normalized spacial score (nSPS) is 10.9. The Balaban J connectivity index is 2.20. The van der Waals surface area contributed by atoms with E-state index in [4.69, 9.17) is 5.73 Å². The quantitative estimate of drug-likeness (QED) is 0.767. The summed E-state index contributed by atoms with van der Waals surface area (Å²) in [5, 5.41) is 11.2. The van der Waals surface area contributed by atoms with Crippen molar-refractivity contribution in [2.75, 3.05) is 5.73 Å². The Labute approximate surface area is 112 Å². The van der Waals surface area contributed by atoms with E-state index >= 15 is 0 Å². The van der Waals surface area contributed by atoms with Gasteiger partial charge in [-0.15, -0.1) is 11.3 Å². The number of nitrogens with two attached hydrogens (primary N) is 1. The number of thiophene rings is 1. The summed E-state index contributed by atoms with van der Waals surface area (Å²) >= 11 is 1.62. The molecular formula is C13H11N3O2S. The predicted octanol–water partition coefficient (Wildman–Crippen LogP) is 2.27. The highest BCUT2D eigenvalue weighted by Gasteiger charge is 2.18. The van der Waals surface area contributed by atoms with Crippen LogP contribution in [0.4, 0.5) is 5.69 Å². The number of hydrogen-bond acceptors (Lipinski definition) is 4. The molecule has 5 nitrogen and oxygen atoms in total. The number of anilines is 1. The van der Waals surface area contributed by atoms with Crippen LogP contribution >= 0.6 is 11.3 Å². The zero-order valence-electron chi connectivity index (χ0n) is 9.91. The molecule has 6 heteroatoms. The summed E-state index contributed by atoms with van der Waals surface area (Å²) in [5.41, 5.74) is 6.75. The van der Waals surface area contributed by atoms with E-state index in [9.17, 15) is 9.90 Å². The number of pyridine rings is 1. The van der Waals surface area contributed by atoms with Gasteiger partial charge in [0.05, 0.1) is 5.69 Å². The van der Waals surface area contributed by atoms with Gasteiger partial charge in [-0.3, -0.25) is 0 Å². The average Bonchev–Trinajstić information content (AvgIpc) is 2.99. The highest BCUT2D eigenvalue weighted by molar-refractivity contribution is 7.09. The number of carboxylic acids is 1. The van der Waals surface area contributed by atoms with Crippen molar-refractivity contribution in [3.05, 3.63) is 52.2 Å². The number of aromatic nitrogens is 2. The number of carboxylic acid groups (broad SMARTS) is 1. The summed E-state index contributed by atoms with van der Waals surface area (Å²) in [4.78, 5) is 16.6. The molecule has 3 N–H and O–H groups in total. The van der Waals surface area contributed by atoms with Crippen molar-refractivity contribution in [2.24, 2.45) is 0 Å². The van der Waals surface area contributed by atoms with Crippen molar-refractivity contribution in [3.8, 4) is 0 Å². The number of nitrogen functional groups attached to an aromatic ring is 1. The van der Waals surface area contributed by atoms with Crippen LogP contribution in [0.15, 0.2) is 35.8 Å². The Morgan fingerprint density at radius 2 is 2.26 bits per heavy atom. The molecule has 0 spiro atoms. The molecule has 0 saturated heterocycles. The Kier molecular flexibility index (Phi) is 2.72. The zero-order chi connectivity index (χ0) is 13.4. The summed E-state index contributed by atoms with van der Waals surface area (Å²) in [6.07, 6.45) is 2.38. The molecule has 0 unspecified atom stereocenters. The third kappa shape index (κ3) is 1.96. The lowest BCUT2D eigenvalue weighted by Crippen LogP contribution is -2.00. The molecule has 0 aromatic carbocycles. The molecule has 0 aliphatic carbocycles. The summed E-state index contributed by atoms with van der Waals surface area (Å²) in [6, 6.07) is 7.42. The van der Waals surface area contributed by atoms with Gasteiger partial charge in [0.15, 0.2) is 5.69 Å². The lowest BCUT2D eigenvalue weighted by atomic mass is 10.3. The van der Waals surface area contributed by atoms with Gasteiger partial charge in [-0.05, 0) is 23.6 Å². The molecule has 0 radical (unpaired) electrons. The van der Waals surface area contributed by atoms with Gasteiger partial charge in [-0.2, -0.15) is 0 Å². The molecule has 0 amide bonds. The van der Waals surface area contributed by atoms with Crippen molar-refractivity contribution < 1.29 is 9.90 Å². The monoisotopic (exact) mass is 273 g/mol. The number of hydrogen-bond donors (Lipinski definition) is 2. The zero-order valence-corrected chi connectivity index (χ0v) is 10.7. The maximum absolute atomic E-state index is 11.3. The Morgan fingerprint density at radius 1 is 1.42 bits per heavy atom. The van der Waals surface area contributed by atoms with Gasteiger partial charge in [-0.1, -0.05) is 6.07 Å². The van der Waals surface area contributed by atoms with Crippen LogP contribution in [0.5, 0.6) is 0 Å². The third-order valence-electron chi connectivity index (χ3n) is 2.88. The van der Waals surface area contributed by atoms with E-state index in [1.165, 1.54) is 0 Å². The smallest absolute Gasteiger partial charge is 0.356 e. The van der Waals surface area contributed by atoms with Crippen molar-refractivity contribution in [3.63, 3.8) is 0 Å². The fraction of sp³-hybridized carbons (Fsp3) is 0.0769. The van der Waals surface area contributed by atoms with Crippen LogP contribution in [-0.4, -0.2) is 20.5 Å². The van der Waals surface area contributed by atoms with Crippen LogP contribution in [0.3, 0.4) is 0 Å². The molecule has 0 atom stereocenters. The minimum Gasteiger partial charge on any atom is -0.476 e. The van der Waals surface area contributed by atoms with Crippen LogP contribution in [0, 0.1) is 0 Å². The van der Waals surface area contributed by atoms with E-state index in [1.807, 2.05) is 17.5 Å². The molecule has 0 fully saturated rings. The fourth-order valence-electron chi connectivity index (χ4n) is 2.07. The Bertz CT molecular complexity index is 747. The van der Waals surface area contributed by atoms with Gasteiger partial charge in [0.1, 0.15) is 11.3 Å². The van der Waals surface area contributed by atoms with E-state index in [2.05, 4.69) is 4.98 Å². The summed E-state index contributed by atoms with van der Waals surface area (Å²) in [5.74, 6) is -0.380. The van der Waals surface area contributed by atoms with E-state index in [1.54, 1.807) is 34.1 Å². The van der Waals surface area contributed by atoms with E-state index in [0.717, 1.165) is 4.88 Å². The van der Waals surface area contributed by atoms with Gasteiger partial charge >= 0.3 is 5.97 Å². The summed E-state index contributed by atoms with van der Waals surface area (Å²) in [6.45, 7) is 0. The molecular weight excluding hydrogens is 262 g/mol. The maximum Gasteiger partial charge on any atom is 0.356 e. The SMILES string of the molecule is Nc1cccn2c(Cc3cccs3)nc(C(=O)O)c12. The lowest BCUT2D eigenvalue weighted by molar-refractivity contribution is 0.0693. The molecule has 3 aromatic heterocycles. The predicted molar refractivity (Wildman–Crippen MR) is 73.7 cm³/mol. The molecule has 3 aromatic rings. The van der Waals surface area contributed by atoms with Crippen LogP contribution in [0.2, 0.25) is 0 Å². The van der Waals surface area contributed by atoms with Crippen molar-refractivity contribution in [1.29, 1.82) is 0 Å². The highest BCUT2D eigenvalue weighted by atomic mass is 32.1. The maximum atomic E-state index is 11.3. The van der Waals surface area contributed by atoms with Gasteiger partial charge in [0.25, 0.3) is 0 Å². The summed E-state index contributed by atoms with van der Waals surface area (Å²) < 4.78 is 1.75. The molecule has 19 heavy (non-hydrogen) atoms. The second-order valence-corrected chi connectivity index (χ2v) is 5.15. The Hall–Kier alpha value is -2.34. The van der Waals surface area contributed by atoms with Crippen LogP contribution < -0.4 is 5.73 Å². The minimum absolute atomic E-state index is 0.00431. The van der Waals surface area contributed by atoms with Gasteiger partial charge in [0, 0.05) is 17.5 Å². The number of aromatic carboxylic acids is 1. The second-order valence-electron chi connectivity index (χ2n) is 4.12. The molecule has 96 valence electrons. The number of imidazole rings is 1. The van der Waals surface area contributed by atoms with Gasteiger partial charge in [-0.25, -0.2) is 9.78 Å². The van der Waals surface area contributed by atoms with E-state index < -0.39 is 5.97 Å². The van der Waals surface area contributed by atoms with Crippen molar-refractivity contribution in [2.45, 2.75) is 6.42 Å². The standard InChI is InChI=1S/C13H11N3O2S/c14-9-4-1-5-16-10(7-8-3-2-6-19-8)15-11(12(9)16)13(17)18/h1-6H,7,14H2,(H,17,18). The fourth-order valence-corrected chi connectivity index (χ4v) is 2.77. The van der Waals surface area contributed by atoms with Crippen molar-refractivity contribution >= 4 is 28.5 Å². The minimum atomic E-state index is -1.06. The lowest BCUT2D eigenvalue weighted by Gasteiger charge is -2.01. The molecule has 3 rings (SSSR count). The molecule has 3 heterocycles. The topological polar surface area (TPSA) is 80.6 Å². The van der Waals surface area contributed by atoms with Crippen LogP contribution in [-0.2, 0) is 6.42 Å². The number of nitrogens with zero attached hydrogens (tertiary/aromatic N) is 2. The third-order valence-corrected chi connectivity index (χ3v) is 3.76. The van der Waals surface area contributed by atoms with E-state index in [0.29, 0.717) is 23.4 Å². The number of rotatable bonds is 3. The Morgan fingerprint density at radius 3 is 2.95 bits per heavy atom. The first-order valence-electron chi connectivity index (χ1n) is 5.68. The van der Waals surface area contributed by atoms with Crippen molar-refractivity contribution in [1.82, 2.24) is 9.38 Å².